The Bertz CT molecular complexity index is 360. The van der Waals surface area contributed by atoms with Gasteiger partial charge in [-0.1, -0.05) is 5.21 Å². The molecule has 21 heavy (non-hydrogen) atoms. The van der Waals surface area contributed by atoms with Crippen molar-refractivity contribution in [3.05, 3.63) is 11.9 Å². The van der Waals surface area contributed by atoms with Gasteiger partial charge < -0.3 is 24.2 Å². The van der Waals surface area contributed by atoms with Crippen molar-refractivity contribution >= 4 is 0 Å². The number of aromatic nitrogens is 3. The maximum absolute atomic E-state index is 8.50. The zero-order valence-electron chi connectivity index (χ0n) is 12.9. The molecule has 0 saturated carbocycles. The SMILES string of the molecule is CN(C)Cc1cn(CCOCCOCCOCCO)nn1. The van der Waals surface area contributed by atoms with Crippen molar-refractivity contribution in [2.75, 3.05) is 60.3 Å². The zero-order valence-corrected chi connectivity index (χ0v) is 12.9. The Hall–Kier alpha value is -1.06. The van der Waals surface area contributed by atoms with E-state index in [1.165, 1.54) is 0 Å². The van der Waals surface area contributed by atoms with E-state index in [4.69, 9.17) is 19.3 Å². The molecule has 1 N–H and O–H groups in total. The van der Waals surface area contributed by atoms with Crippen LogP contribution in [-0.4, -0.2) is 85.3 Å². The van der Waals surface area contributed by atoms with E-state index in [1.807, 2.05) is 25.2 Å². The fourth-order valence-electron chi connectivity index (χ4n) is 1.61. The summed E-state index contributed by atoms with van der Waals surface area (Å²) in [6, 6.07) is 0. The molecule has 8 heteroatoms. The number of rotatable bonds is 13. The lowest BCUT2D eigenvalue weighted by atomic mass is 10.4. The summed E-state index contributed by atoms with van der Waals surface area (Å²) in [7, 11) is 3.99. The lowest BCUT2D eigenvalue weighted by Crippen LogP contribution is -2.13. The molecule has 1 heterocycles. The van der Waals surface area contributed by atoms with Crippen LogP contribution < -0.4 is 0 Å². The van der Waals surface area contributed by atoms with E-state index in [1.54, 1.807) is 4.68 Å². The smallest absolute Gasteiger partial charge is 0.0966 e. The van der Waals surface area contributed by atoms with Crippen LogP contribution in [0.2, 0.25) is 0 Å². The summed E-state index contributed by atoms with van der Waals surface area (Å²) in [6.07, 6.45) is 1.93. The van der Waals surface area contributed by atoms with Crippen LogP contribution in [0.1, 0.15) is 5.69 Å². The number of ether oxygens (including phenoxy) is 3. The van der Waals surface area contributed by atoms with Crippen molar-refractivity contribution < 1.29 is 19.3 Å². The number of nitrogens with zero attached hydrogens (tertiary/aromatic N) is 4. The highest BCUT2D eigenvalue weighted by Crippen LogP contribution is 1.96. The first kappa shape index (κ1) is 18.0. The van der Waals surface area contributed by atoms with Gasteiger partial charge in [0.1, 0.15) is 0 Å². The second-order valence-electron chi connectivity index (χ2n) is 4.77. The molecule has 1 rings (SSSR count). The van der Waals surface area contributed by atoms with Crippen molar-refractivity contribution in [1.82, 2.24) is 19.9 Å². The van der Waals surface area contributed by atoms with Crippen molar-refractivity contribution in [3.8, 4) is 0 Å². The molecule has 1 aromatic heterocycles. The second-order valence-corrected chi connectivity index (χ2v) is 4.77. The first-order valence-electron chi connectivity index (χ1n) is 7.10. The van der Waals surface area contributed by atoms with Crippen LogP contribution >= 0.6 is 0 Å². The van der Waals surface area contributed by atoms with Crippen molar-refractivity contribution in [1.29, 1.82) is 0 Å². The average Bonchev–Trinajstić information content (AvgIpc) is 2.87. The second kappa shape index (κ2) is 11.6. The predicted octanol–water partition coefficient (Wildman–Crippen LogP) is -0.618. The topological polar surface area (TPSA) is 81.9 Å². The van der Waals surface area contributed by atoms with Gasteiger partial charge in [0.05, 0.1) is 58.5 Å². The summed E-state index contributed by atoms with van der Waals surface area (Å²) in [5.74, 6) is 0. The Morgan fingerprint density at radius 1 is 1.05 bits per heavy atom. The monoisotopic (exact) mass is 302 g/mol. The summed E-state index contributed by atoms with van der Waals surface area (Å²) in [4.78, 5) is 2.05. The zero-order chi connectivity index (χ0) is 15.3. The lowest BCUT2D eigenvalue weighted by Gasteiger charge is -2.06. The van der Waals surface area contributed by atoms with Gasteiger partial charge in [0.15, 0.2) is 0 Å². The first-order chi connectivity index (χ1) is 10.2. The maximum atomic E-state index is 8.50. The van der Waals surface area contributed by atoms with E-state index >= 15 is 0 Å². The van der Waals surface area contributed by atoms with Crippen LogP contribution in [0, 0.1) is 0 Å². The molecule has 0 radical (unpaired) electrons. The molecule has 0 aliphatic carbocycles. The van der Waals surface area contributed by atoms with Gasteiger partial charge in [0.2, 0.25) is 0 Å². The van der Waals surface area contributed by atoms with Crippen LogP contribution in [0.3, 0.4) is 0 Å². The molecule has 0 amide bonds. The fraction of sp³-hybridized carbons (Fsp3) is 0.846. The highest BCUT2D eigenvalue weighted by atomic mass is 16.5. The molecule has 1 aromatic rings. The van der Waals surface area contributed by atoms with Gasteiger partial charge in [0, 0.05) is 12.7 Å². The van der Waals surface area contributed by atoms with Crippen molar-refractivity contribution in [2.45, 2.75) is 13.1 Å². The summed E-state index contributed by atoms with van der Waals surface area (Å²) in [6.45, 7) is 4.52. The molecule has 0 unspecified atom stereocenters. The summed E-state index contributed by atoms with van der Waals surface area (Å²) >= 11 is 0. The first-order valence-corrected chi connectivity index (χ1v) is 7.10. The lowest BCUT2D eigenvalue weighted by molar-refractivity contribution is 0.00627. The number of aliphatic hydroxyl groups excluding tert-OH is 1. The quantitative estimate of drug-likeness (QED) is 0.486. The minimum atomic E-state index is 0.0433. The van der Waals surface area contributed by atoms with E-state index < -0.39 is 0 Å². The number of hydrogen-bond acceptors (Lipinski definition) is 7. The van der Waals surface area contributed by atoms with Crippen LogP contribution in [0.25, 0.3) is 0 Å². The van der Waals surface area contributed by atoms with Gasteiger partial charge in [-0.2, -0.15) is 0 Å². The molecule has 8 nitrogen and oxygen atoms in total. The van der Waals surface area contributed by atoms with Crippen molar-refractivity contribution in [3.63, 3.8) is 0 Å². The highest BCUT2D eigenvalue weighted by molar-refractivity contribution is 4.91. The van der Waals surface area contributed by atoms with Crippen LogP contribution in [0.15, 0.2) is 6.20 Å². The largest absolute Gasteiger partial charge is 0.394 e. The molecule has 0 bridgehead atoms. The van der Waals surface area contributed by atoms with Crippen LogP contribution in [0.5, 0.6) is 0 Å². The predicted molar refractivity (Wildman–Crippen MR) is 77.0 cm³/mol. The van der Waals surface area contributed by atoms with E-state index in [2.05, 4.69) is 10.3 Å². The fourth-order valence-corrected chi connectivity index (χ4v) is 1.61. The summed E-state index contributed by atoms with van der Waals surface area (Å²) in [5, 5.41) is 16.6. The van der Waals surface area contributed by atoms with Gasteiger partial charge in [-0.25, -0.2) is 4.68 Å². The Kier molecular flexibility index (Phi) is 9.92. The third-order valence-electron chi connectivity index (χ3n) is 2.51. The van der Waals surface area contributed by atoms with Crippen LogP contribution in [-0.2, 0) is 27.3 Å². The normalized spacial score (nSPS) is 11.4. The van der Waals surface area contributed by atoms with E-state index in [-0.39, 0.29) is 6.61 Å². The maximum Gasteiger partial charge on any atom is 0.0966 e. The molecular formula is C13H26N4O4. The van der Waals surface area contributed by atoms with Gasteiger partial charge in [-0.3, -0.25) is 0 Å². The van der Waals surface area contributed by atoms with Gasteiger partial charge in [-0.05, 0) is 14.1 Å². The van der Waals surface area contributed by atoms with Gasteiger partial charge in [-0.15, -0.1) is 5.10 Å². The average molecular weight is 302 g/mol. The Balaban J connectivity index is 1.93. The third kappa shape index (κ3) is 9.48. The van der Waals surface area contributed by atoms with Gasteiger partial charge >= 0.3 is 0 Å². The summed E-state index contributed by atoms with van der Waals surface area (Å²) in [5.41, 5.74) is 0.950. The molecule has 0 aliphatic rings. The van der Waals surface area contributed by atoms with E-state index in [9.17, 15) is 0 Å². The van der Waals surface area contributed by atoms with E-state index in [0.717, 1.165) is 12.2 Å². The molecule has 0 saturated heterocycles. The van der Waals surface area contributed by atoms with Gasteiger partial charge in [0.25, 0.3) is 0 Å². The van der Waals surface area contributed by atoms with E-state index in [0.29, 0.717) is 46.2 Å². The number of hydrogen-bond donors (Lipinski definition) is 1. The van der Waals surface area contributed by atoms with Crippen LogP contribution in [0.4, 0.5) is 0 Å². The third-order valence-corrected chi connectivity index (χ3v) is 2.51. The summed E-state index contributed by atoms with van der Waals surface area (Å²) < 4.78 is 17.6. The molecule has 0 atom stereocenters. The molecule has 0 spiro atoms. The standard InChI is InChI=1S/C13H26N4O4/c1-16(2)11-13-12-17(15-14-13)3-5-19-7-9-21-10-8-20-6-4-18/h12,18H,3-11H2,1-2H3. The molecule has 0 aromatic carbocycles. The Morgan fingerprint density at radius 2 is 1.67 bits per heavy atom. The minimum Gasteiger partial charge on any atom is -0.394 e. The molecule has 0 aliphatic heterocycles. The molecule has 122 valence electrons. The Labute approximate surface area is 125 Å². The highest BCUT2D eigenvalue weighted by Gasteiger charge is 2.01. The minimum absolute atomic E-state index is 0.0433. The molecule has 0 fully saturated rings. The Morgan fingerprint density at radius 3 is 2.29 bits per heavy atom. The molecular weight excluding hydrogens is 276 g/mol. The van der Waals surface area contributed by atoms with Crippen molar-refractivity contribution in [2.24, 2.45) is 0 Å². The number of aliphatic hydroxyl groups is 1.